The molecule has 0 aliphatic rings. The molecule has 1 aromatic carbocycles. The summed E-state index contributed by atoms with van der Waals surface area (Å²) in [5.41, 5.74) is 1.07. The zero-order valence-electron chi connectivity index (χ0n) is 13.0. The fourth-order valence-corrected chi connectivity index (χ4v) is 3.55. The van der Waals surface area contributed by atoms with Crippen LogP contribution in [0.15, 0.2) is 59.1 Å². The highest BCUT2D eigenvalue weighted by atomic mass is 32.2. The van der Waals surface area contributed by atoms with E-state index in [0.717, 1.165) is 21.8 Å². The van der Waals surface area contributed by atoms with Crippen molar-refractivity contribution in [2.24, 2.45) is 0 Å². The Labute approximate surface area is 144 Å². The lowest BCUT2D eigenvalue weighted by Gasteiger charge is -2.10. The smallest absolute Gasteiger partial charge is 0.196 e. The van der Waals surface area contributed by atoms with Crippen molar-refractivity contribution in [3.05, 3.63) is 54.6 Å². The molecule has 0 fully saturated rings. The first-order chi connectivity index (χ1) is 11.2. The highest BCUT2D eigenvalue weighted by Crippen LogP contribution is 2.27. The van der Waals surface area contributed by atoms with Crippen LogP contribution in [-0.4, -0.2) is 30.0 Å². The first kappa shape index (κ1) is 16.0. The summed E-state index contributed by atoms with van der Waals surface area (Å²) in [4.78, 5) is 8.48. The van der Waals surface area contributed by atoms with Gasteiger partial charge in [0.15, 0.2) is 10.3 Å². The van der Waals surface area contributed by atoms with E-state index < -0.39 is 0 Å². The molecule has 2 heterocycles. The molecule has 0 spiro atoms. The van der Waals surface area contributed by atoms with E-state index in [-0.39, 0.29) is 0 Å². The monoisotopic (exact) mass is 343 g/mol. The number of rotatable bonds is 6. The van der Waals surface area contributed by atoms with Crippen LogP contribution in [0.3, 0.4) is 0 Å². The fraction of sp³-hybridized carbons (Fsp3) is 0.250. The Morgan fingerprint density at radius 2 is 1.74 bits per heavy atom. The van der Waals surface area contributed by atoms with Crippen molar-refractivity contribution in [1.29, 1.82) is 0 Å². The normalized spacial score (nSPS) is 11.1. The maximum atomic E-state index is 4.38. The number of hydrogen-bond donors (Lipinski definition) is 0. The molecule has 7 heteroatoms. The Hall–Kier alpha value is -1.86. The van der Waals surface area contributed by atoms with Crippen LogP contribution >= 0.6 is 23.5 Å². The van der Waals surface area contributed by atoms with Crippen molar-refractivity contribution in [2.75, 3.05) is 0 Å². The molecule has 0 atom stereocenters. The average molecular weight is 343 g/mol. The van der Waals surface area contributed by atoms with Gasteiger partial charge in [0.05, 0.1) is 5.75 Å². The molecule has 2 aromatic heterocycles. The molecule has 0 N–H and O–H groups in total. The number of nitrogens with zero attached hydrogens (tertiary/aromatic N) is 5. The minimum absolute atomic E-state index is 0.444. The number of aromatic nitrogens is 5. The van der Waals surface area contributed by atoms with Gasteiger partial charge in [-0.05, 0) is 18.2 Å². The minimum atomic E-state index is 0.444. The van der Waals surface area contributed by atoms with E-state index in [1.165, 1.54) is 0 Å². The Morgan fingerprint density at radius 1 is 1.00 bits per heavy atom. The van der Waals surface area contributed by atoms with Crippen LogP contribution in [0.4, 0.5) is 0 Å². The third kappa shape index (κ3) is 4.11. The number of thioether (sulfide) groups is 2. The molecule has 0 bridgehead atoms. The van der Waals surface area contributed by atoms with Crippen molar-refractivity contribution in [3.8, 4) is 5.69 Å². The zero-order chi connectivity index (χ0) is 16.1. The maximum absolute atomic E-state index is 4.38. The Morgan fingerprint density at radius 3 is 2.43 bits per heavy atom. The molecule has 0 saturated heterocycles. The van der Waals surface area contributed by atoms with Gasteiger partial charge in [0.2, 0.25) is 0 Å². The summed E-state index contributed by atoms with van der Waals surface area (Å²) in [7, 11) is 0. The second-order valence-electron chi connectivity index (χ2n) is 5.06. The summed E-state index contributed by atoms with van der Waals surface area (Å²) < 4.78 is 2.11. The van der Waals surface area contributed by atoms with Crippen molar-refractivity contribution in [1.82, 2.24) is 24.7 Å². The molecule has 0 unspecified atom stereocenters. The molecular formula is C16H17N5S2. The lowest BCUT2D eigenvalue weighted by Crippen LogP contribution is -2.03. The summed E-state index contributed by atoms with van der Waals surface area (Å²) >= 11 is 3.27. The predicted molar refractivity (Wildman–Crippen MR) is 93.9 cm³/mol. The molecule has 118 valence electrons. The topological polar surface area (TPSA) is 56.5 Å². The first-order valence-corrected chi connectivity index (χ1v) is 9.17. The van der Waals surface area contributed by atoms with E-state index in [1.54, 1.807) is 35.9 Å². The summed E-state index contributed by atoms with van der Waals surface area (Å²) in [6.45, 7) is 4.31. The van der Waals surface area contributed by atoms with Gasteiger partial charge >= 0.3 is 0 Å². The Balaban J connectivity index is 1.89. The van der Waals surface area contributed by atoms with E-state index in [4.69, 9.17) is 0 Å². The standard InChI is InChI=1S/C16H17N5S2/c1-12(2)23-16-20-19-14(11-22-15-17-9-6-10-18-15)21(16)13-7-4-3-5-8-13/h3-10,12H,11H2,1-2H3. The van der Waals surface area contributed by atoms with E-state index in [1.807, 2.05) is 24.3 Å². The SMILES string of the molecule is CC(C)Sc1nnc(CSc2ncccn2)n1-c1ccccc1. The maximum Gasteiger partial charge on any atom is 0.196 e. The number of para-hydroxylation sites is 1. The van der Waals surface area contributed by atoms with Crippen LogP contribution in [0.5, 0.6) is 0 Å². The van der Waals surface area contributed by atoms with Crippen LogP contribution in [0.1, 0.15) is 19.7 Å². The molecule has 0 aliphatic heterocycles. The van der Waals surface area contributed by atoms with Gasteiger partial charge < -0.3 is 0 Å². The van der Waals surface area contributed by atoms with Crippen molar-refractivity contribution >= 4 is 23.5 Å². The minimum Gasteiger partial charge on any atom is -0.273 e. The summed E-state index contributed by atoms with van der Waals surface area (Å²) in [5, 5.41) is 10.8. The summed E-state index contributed by atoms with van der Waals surface area (Å²) in [6, 6.07) is 12.0. The molecule has 0 aliphatic carbocycles. The Kier molecular flexibility index (Phi) is 5.30. The molecule has 0 radical (unpaired) electrons. The highest BCUT2D eigenvalue weighted by molar-refractivity contribution is 7.99. The summed E-state index contributed by atoms with van der Waals surface area (Å²) in [5.74, 6) is 1.57. The van der Waals surface area contributed by atoms with Crippen molar-refractivity contribution in [3.63, 3.8) is 0 Å². The predicted octanol–water partition coefficient (Wildman–Crippen LogP) is 3.85. The first-order valence-electron chi connectivity index (χ1n) is 7.30. The second-order valence-corrected chi connectivity index (χ2v) is 7.54. The van der Waals surface area contributed by atoms with Crippen LogP contribution in [-0.2, 0) is 5.75 Å². The quantitative estimate of drug-likeness (QED) is 0.500. The van der Waals surface area contributed by atoms with Crippen LogP contribution < -0.4 is 0 Å². The van der Waals surface area contributed by atoms with Crippen LogP contribution in [0, 0.1) is 0 Å². The van der Waals surface area contributed by atoms with Gasteiger partial charge in [0.25, 0.3) is 0 Å². The largest absolute Gasteiger partial charge is 0.273 e. The fourth-order valence-electron chi connectivity index (χ4n) is 2.01. The molecule has 5 nitrogen and oxygen atoms in total. The van der Waals surface area contributed by atoms with E-state index in [0.29, 0.717) is 11.0 Å². The average Bonchev–Trinajstić information content (AvgIpc) is 2.96. The van der Waals surface area contributed by atoms with E-state index in [2.05, 4.69) is 50.7 Å². The van der Waals surface area contributed by atoms with Gasteiger partial charge in [-0.1, -0.05) is 55.6 Å². The van der Waals surface area contributed by atoms with E-state index >= 15 is 0 Å². The molecule has 0 saturated carbocycles. The molecule has 23 heavy (non-hydrogen) atoms. The van der Waals surface area contributed by atoms with Gasteiger partial charge in [0, 0.05) is 23.3 Å². The van der Waals surface area contributed by atoms with Crippen LogP contribution in [0.2, 0.25) is 0 Å². The van der Waals surface area contributed by atoms with Gasteiger partial charge in [-0.2, -0.15) is 0 Å². The zero-order valence-corrected chi connectivity index (χ0v) is 14.6. The second kappa shape index (κ2) is 7.61. The summed E-state index contributed by atoms with van der Waals surface area (Å²) in [6.07, 6.45) is 3.49. The molecule has 0 amide bonds. The van der Waals surface area contributed by atoms with Gasteiger partial charge in [0.1, 0.15) is 5.82 Å². The molecule has 3 rings (SSSR count). The van der Waals surface area contributed by atoms with Gasteiger partial charge in [-0.3, -0.25) is 4.57 Å². The highest BCUT2D eigenvalue weighted by Gasteiger charge is 2.16. The number of hydrogen-bond acceptors (Lipinski definition) is 6. The third-order valence-electron chi connectivity index (χ3n) is 2.93. The molecule has 3 aromatic rings. The lowest BCUT2D eigenvalue weighted by molar-refractivity contribution is 0.858. The Bertz CT molecular complexity index is 744. The third-order valence-corrected chi connectivity index (χ3v) is 4.75. The lowest BCUT2D eigenvalue weighted by atomic mass is 10.3. The number of benzene rings is 1. The van der Waals surface area contributed by atoms with E-state index in [9.17, 15) is 0 Å². The molecular weight excluding hydrogens is 326 g/mol. The van der Waals surface area contributed by atoms with Crippen molar-refractivity contribution < 1.29 is 0 Å². The van der Waals surface area contributed by atoms with Crippen molar-refractivity contribution in [2.45, 2.75) is 35.2 Å². The van der Waals surface area contributed by atoms with Gasteiger partial charge in [-0.25, -0.2) is 9.97 Å². The van der Waals surface area contributed by atoms with Crippen LogP contribution in [0.25, 0.3) is 5.69 Å². The van der Waals surface area contributed by atoms with Gasteiger partial charge in [-0.15, -0.1) is 10.2 Å².